The predicted octanol–water partition coefficient (Wildman–Crippen LogP) is 4.00. The molecule has 1 heterocycles. The predicted molar refractivity (Wildman–Crippen MR) is 103 cm³/mol. The summed E-state index contributed by atoms with van der Waals surface area (Å²) in [5.41, 5.74) is 1.85. The molecular weight excluding hydrogens is 346 g/mol. The minimum Gasteiger partial charge on any atom is -0.493 e. The topological polar surface area (TPSA) is 77.2 Å². The molecule has 0 N–H and O–H groups in total. The van der Waals surface area contributed by atoms with Crippen molar-refractivity contribution in [2.24, 2.45) is 5.10 Å². The van der Waals surface area contributed by atoms with Gasteiger partial charge in [0.25, 0.3) is 5.69 Å². The molecule has 0 aromatic heterocycles. The Morgan fingerprint density at radius 1 is 1.11 bits per heavy atom. The smallest absolute Gasteiger partial charge is 0.269 e. The molecule has 0 amide bonds. The number of piperidine rings is 1. The van der Waals surface area contributed by atoms with Gasteiger partial charge in [-0.15, -0.1) is 0 Å². The van der Waals surface area contributed by atoms with Gasteiger partial charge in [-0.1, -0.05) is 0 Å². The number of nitro benzene ring substituents is 1. The Labute approximate surface area is 158 Å². The molecule has 2 aromatic rings. The first kappa shape index (κ1) is 18.7. The van der Waals surface area contributed by atoms with Crippen molar-refractivity contribution in [1.82, 2.24) is 5.01 Å². The van der Waals surface area contributed by atoms with Crippen LogP contribution in [0.4, 0.5) is 5.69 Å². The monoisotopic (exact) mass is 369 g/mol. The molecule has 0 spiro atoms. The number of nitrogens with zero attached hydrogens (tertiary/aromatic N) is 3. The first-order valence-corrected chi connectivity index (χ1v) is 8.99. The van der Waals surface area contributed by atoms with Gasteiger partial charge in [0.1, 0.15) is 6.61 Å². The molecule has 7 nitrogen and oxygen atoms in total. The van der Waals surface area contributed by atoms with Crippen molar-refractivity contribution in [3.8, 4) is 11.5 Å². The van der Waals surface area contributed by atoms with Crippen molar-refractivity contribution in [1.29, 1.82) is 0 Å². The highest BCUT2D eigenvalue weighted by Crippen LogP contribution is 2.28. The van der Waals surface area contributed by atoms with Crippen LogP contribution in [0.1, 0.15) is 30.4 Å². The van der Waals surface area contributed by atoms with Crippen LogP contribution >= 0.6 is 0 Å². The van der Waals surface area contributed by atoms with Crippen molar-refractivity contribution in [3.05, 3.63) is 63.7 Å². The third-order valence-corrected chi connectivity index (χ3v) is 4.43. The van der Waals surface area contributed by atoms with E-state index in [1.807, 2.05) is 24.4 Å². The van der Waals surface area contributed by atoms with E-state index in [4.69, 9.17) is 9.47 Å². The summed E-state index contributed by atoms with van der Waals surface area (Å²) in [5.74, 6) is 1.24. The minimum atomic E-state index is -0.419. The number of nitro groups is 1. The van der Waals surface area contributed by atoms with Crippen LogP contribution in [0.15, 0.2) is 47.6 Å². The van der Waals surface area contributed by atoms with Crippen molar-refractivity contribution in [3.63, 3.8) is 0 Å². The summed E-state index contributed by atoms with van der Waals surface area (Å²) in [6.45, 7) is 2.31. The fourth-order valence-electron chi connectivity index (χ4n) is 2.90. The van der Waals surface area contributed by atoms with E-state index in [-0.39, 0.29) is 5.69 Å². The van der Waals surface area contributed by atoms with Crippen LogP contribution in [-0.2, 0) is 6.61 Å². The molecule has 0 radical (unpaired) electrons. The normalized spacial score (nSPS) is 14.3. The Kier molecular flexibility index (Phi) is 6.25. The van der Waals surface area contributed by atoms with Gasteiger partial charge in [-0.05, 0) is 60.7 Å². The van der Waals surface area contributed by atoms with Crippen molar-refractivity contribution in [2.45, 2.75) is 25.9 Å². The van der Waals surface area contributed by atoms with Crippen LogP contribution in [0.5, 0.6) is 11.5 Å². The molecule has 0 aliphatic carbocycles. The van der Waals surface area contributed by atoms with Crippen molar-refractivity contribution >= 4 is 11.9 Å². The molecule has 0 bridgehead atoms. The van der Waals surface area contributed by atoms with Crippen LogP contribution in [-0.4, -0.2) is 36.3 Å². The number of benzene rings is 2. The highest BCUT2D eigenvalue weighted by molar-refractivity contribution is 5.80. The van der Waals surface area contributed by atoms with Gasteiger partial charge >= 0.3 is 0 Å². The van der Waals surface area contributed by atoms with E-state index >= 15 is 0 Å². The zero-order valence-corrected chi connectivity index (χ0v) is 15.3. The van der Waals surface area contributed by atoms with Crippen LogP contribution in [0.25, 0.3) is 0 Å². The molecule has 3 rings (SSSR count). The van der Waals surface area contributed by atoms with Gasteiger partial charge in [0.05, 0.1) is 18.2 Å². The molecule has 142 valence electrons. The Bertz CT molecular complexity index is 799. The third-order valence-electron chi connectivity index (χ3n) is 4.43. The van der Waals surface area contributed by atoms with Gasteiger partial charge in [-0.3, -0.25) is 15.1 Å². The number of non-ortho nitro benzene ring substituents is 1. The maximum absolute atomic E-state index is 10.7. The second-order valence-electron chi connectivity index (χ2n) is 6.38. The first-order chi connectivity index (χ1) is 13.2. The fourth-order valence-corrected chi connectivity index (χ4v) is 2.90. The molecule has 1 aliphatic heterocycles. The van der Waals surface area contributed by atoms with E-state index in [9.17, 15) is 10.1 Å². The maximum Gasteiger partial charge on any atom is 0.269 e. The number of hydrogen-bond donors (Lipinski definition) is 0. The molecule has 7 heteroatoms. The van der Waals surface area contributed by atoms with E-state index in [0.29, 0.717) is 18.1 Å². The lowest BCUT2D eigenvalue weighted by molar-refractivity contribution is -0.384. The summed E-state index contributed by atoms with van der Waals surface area (Å²) in [5, 5.41) is 17.3. The number of hydrogen-bond acceptors (Lipinski definition) is 6. The number of methoxy groups -OCH3 is 1. The van der Waals surface area contributed by atoms with E-state index in [2.05, 4.69) is 10.1 Å². The molecule has 27 heavy (non-hydrogen) atoms. The maximum atomic E-state index is 10.7. The largest absolute Gasteiger partial charge is 0.493 e. The van der Waals surface area contributed by atoms with Crippen LogP contribution in [0, 0.1) is 10.1 Å². The Balaban J connectivity index is 1.63. The van der Waals surface area contributed by atoms with Crippen molar-refractivity contribution in [2.75, 3.05) is 20.2 Å². The van der Waals surface area contributed by atoms with E-state index < -0.39 is 4.92 Å². The lowest BCUT2D eigenvalue weighted by Crippen LogP contribution is -2.24. The molecule has 0 saturated carbocycles. The average molecular weight is 369 g/mol. The van der Waals surface area contributed by atoms with Gasteiger partial charge in [0.2, 0.25) is 0 Å². The summed E-state index contributed by atoms with van der Waals surface area (Å²) in [6.07, 6.45) is 5.50. The Morgan fingerprint density at radius 2 is 1.85 bits per heavy atom. The zero-order valence-electron chi connectivity index (χ0n) is 15.3. The summed E-state index contributed by atoms with van der Waals surface area (Å²) in [4.78, 5) is 10.3. The first-order valence-electron chi connectivity index (χ1n) is 8.99. The van der Waals surface area contributed by atoms with Gasteiger partial charge < -0.3 is 9.47 Å². The Hall–Kier alpha value is -3.09. The number of rotatable bonds is 7. The van der Waals surface area contributed by atoms with Crippen LogP contribution in [0.3, 0.4) is 0 Å². The van der Waals surface area contributed by atoms with Gasteiger partial charge in [0.15, 0.2) is 11.5 Å². The second-order valence-corrected chi connectivity index (χ2v) is 6.38. The molecule has 0 atom stereocenters. The standard InChI is InChI=1S/C20H23N3O4/c1-26-20-13-17(14-21-22-11-3-2-4-12-22)7-10-19(20)27-15-16-5-8-18(9-6-16)23(24)25/h5-10,13-14H,2-4,11-12,15H2,1H3/b21-14-. The highest BCUT2D eigenvalue weighted by Gasteiger charge is 2.09. The third kappa shape index (κ3) is 5.20. The lowest BCUT2D eigenvalue weighted by atomic mass is 10.2. The Morgan fingerprint density at radius 3 is 2.52 bits per heavy atom. The molecular formula is C20H23N3O4. The zero-order chi connectivity index (χ0) is 19.1. The fraction of sp³-hybridized carbons (Fsp3) is 0.350. The molecule has 1 fully saturated rings. The van der Waals surface area contributed by atoms with E-state index in [1.165, 1.54) is 31.4 Å². The quantitative estimate of drug-likeness (QED) is 0.419. The number of ether oxygens (including phenoxy) is 2. The van der Waals surface area contributed by atoms with Crippen LogP contribution in [0.2, 0.25) is 0 Å². The summed E-state index contributed by atoms with van der Waals surface area (Å²) >= 11 is 0. The van der Waals surface area contributed by atoms with Crippen molar-refractivity contribution < 1.29 is 14.4 Å². The van der Waals surface area contributed by atoms with E-state index in [1.54, 1.807) is 19.2 Å². The van der Waals surface area contributed by atoms with Crippen LogP contribution < -0.4 is 9.47 Å². The molecule has 0 unspecified atom stereocenters. The average Bonchev–Trinajstić information content (AvgIpc) is 2.72. The summed E-state index contributed by atoms with van der Waals surface area (Å²) < 4.78 is 11.2. The van der Waals surface area contributed by atoms with Gasteiger partial charge in [-0.2, -0.15) is 5.10 Å². The molecule has 1 saturated heterocycles. The highest BCUT2D eigenvalue weighted by atomic mass is 16.6. The van der Waals surface area contributed by atoms with Gasteiger partial charge in [0, 0.05) is 25.2 Å². The SMILES string of the molecule is COc1cc(/C=N\N2CCCCC2)ccc1OCc1ccc([N+](=O)[O-])cc1. The molecule has 2 aromatic carbocycles. The summed E-state index contributed by atoms with van der Waals surface area (Å²) in [7, 11) is 1.60. The summed E-state index contributed by atoms with van der Waals surface area (Å²) in [6, 6.07) is 12.0. The lowest BCUT2D eigenvalue weighted by Gasteiger charge is -2.23. The van der Waals surface area contributed by atoms with Gasteiger partial charge in [-0.25, -0.2) is 0 Å². The second kappa shape index (κ2) is 9.02. The molecule has 1 aliphatic rings. The number of hydrazone groups is 1. The minimum absolute atomic E-state index is 0.0636. The van der Waals surface area contributed by atoms with E-state index in [0.717, 1.165) is 24.2 Å².